The summed E-state index contributed by atoms with van der Waals surface area (Å²) in [4.78, 5) is 28.1. The summed E-state index contributed by atoms with van der Waals surface area (Å²) >= 11 is 0. The van der Waals surface area contributed by atoms with E-state index in [0.29, 0.717) is 46.8 Å². The fourth-order valence-corrected chi connectivity index (χ4v) is 10.7. The fraction of sp³-hybridized carbons (Fsp3) is 0.615. The molecule has 8 heteroatoms. The van der Waals surface area contributed by atoms with Gasteiger partial charge in [0.15, 0.2) is 0 Å². The molecule has 34 heavy (non-hydrogen) atoms. The van der Waals surface area contributed by atoms with Gasteiger partial charge in [-0.3, -0.25) is 14.5 Å². The summed E-state index contributed by atoms with van der Waals surface area (Å²) in [6, 6.07) is 5.05. The lowest BCUT2D eigenvalue weighted by molar-refractivity contribution is -0.130. The number of rotatable bonds is 8. The molecule has 0 atom stereocenters. The Hall–Kier alpha value is -2.34. The fourth-order valence-electron chi connectivity index (χ4n) is 5.53. The molecule has 1 saturated heterocycles. The maximum Gasteiger partial charge on any atom is 0.303 e. The van der Waals surface area contributed by atoms with Crippen LogP contribution in [0.3, 0.4) is 0 Å². The first-order valence-corrected chi connectivity index (χ1v) is 14.2. The topological polar surface area (TPSA) is 102 Å². The second-order valence-electron chi connectivity index (χ2n) is 9.95. The van der Waals surface area contributed by atoms with Crippen molar-refractivity contribution >= 4 is 25.6 Å². The largest absolute Gasteiger partial charge is 0.496 e. The predicted molar refractivity (Wildman–Crippen MR) is 137 cm³/mol. The molecule has 3 N–H and O–H groups in total. The highest BCUT2D eigenvalue weighted by atomic mass is 28.3. The molecule has 0 aromatic heterocycles. The van der Waals surface area contributed by atoms with Crippen LogP contribution in [0.5, 0.6) is 5.75 Å². The monoisotopic (exact) mass is 488 g/mol. The Kier molecular flexibility index (Phi) is 9.35. The maximum atomic E-state index is 13.9. The quantitative estimate of drug-likeness (QED) is 0.428. The summed E-state index contributed by atoms with van der Waals surface area (Å²) in [6.45, 7) is 13.5. The first-order valence-electron chi connectivity index (χ1n) is 12.0. The minimum Gasteiger partial charge on any atom is -0.496 e. The number of hydrogen-bond acceptors (Lipinski definition) is 5. The van der Waals surface area contributed by atoms with Crippen LogP contribution < -0.4 is 15.4 Å². The van der Waals surface area contributed by atoms with Crippen LogP contribution in [0.1, 0.15) is 59.9 Å². The third-order valence-corrected chi connectivity index (χ3v) is 13.6. The summed E-state index contributed by atoms with van der Waals surface area (Å²) in [5.41, 5.74) is 10.2. The van der Waals surface area contributed by atoms with Crippen LogP contribution in [-0.2, 0) is 20.9 Å². The summed E-state index contributed by atoms with van der Waals surface area (Å²) in [5.74, 6) is 2.41. The van der Waals surface area contributed by atoms with Gasteiger partial charge in [0.25, 0.3) is 0 Å². The van der Waals surface area contributed by atoms with E-state index in [-0.39, 0.29) is 19.4 Å². The Bertz CT molecular complexity index is 920. The SMILES string of the molecule is COc1ccc(N(C(=O)C#C[Si](C(C)C)(C(C)C)C(C)C)C2(C(N)=O)CCOCC2)cc1CO. The predicted octanol–water partition coefficient (Wildman–Crippen LogP) is 3.78. The molecule has 1 aromatic carbocycles. The number of anilines is 1. The lowest BCUT2D eigenvalue weighted by atomic mass is 9.86. The van der Waals surface area contributed by atoms with Crippen LogP contribution in [0.25, 0.3) is 0 Å². The first-order chi connectivity index (χ1) is 16.0. The smallest absolute Gasteiger partial charge is 0.303 e. The van der Waals surface area contributed by atoms with Gasteiger partial charge >= 0.3 is 5.91 Å². The number of aliphatic hydroxyl groups is 1. The standard InChI is InChI=1S/C26H40N2O5Si/c1-18(2)34(19(3)4,20(5)6)15-10-24(30)28(26(25(27)31)11-13-33-14-12-26)22-8-9-23(32-7)21(16-22)17-29/h8-9,16,18-20,29H,11-14,17H2,1-7H3,(H2,27,31). The van der Waals surface area contributed by atoms with Crippen molar-refractivity contribution in [2.24, 2.45) is 5.73 Å². The number of carbonyl (C=O) groups excluding carboxylic acids is 2. The molecule has 188 valence electrons. The van der Waals surface area contributed by atoms with Gasteiger partial charge in [-0.05, 0) is 40.7 Å². The first kappa shape index (κ1) is 27.9. The third kappa shape index (κ3) is 5.17. The van der Waals surface area contributed by atoms with Crippen LogP contribution in [0.2, 0.25) is 16.6 Å². The van der Waals surface area contributed by atoms with Crippen LogP contribution in [-0.4, -0.2) is 50.9 Å². The minimum atomic E-state index is -2.18. The van der Waals surface area contributed by atoms with Crippen molar-refractivity contribution < 1.29 is 24.2 Å². The molecule has 0 aliphatic carbocycles. The number of aliphatic hydroxyl groups excluding tert-OH is 1. The van der Waals surface area contributed by atoms with Crippen molar-refractivity contribution in [2.75, 3.05) is 25.2 Å². The Morgan fingerprint density at radius 2 is 1.71 bits per heavy atom. The van der Waals surface area contributed by atoms with Gasteiger partial charge in [-0.2, -0.15) is 0 Å². The van der Waals surface area contributed by atoms with E-state index in [1.807, 2.05) is 0 Å². The number of nitrogens with zero attached hydrogens (tertiary/aromatic N) is 1. The Labute approximate surface area is 205 Å². The van der Waals surface area contributed by atoms with Crippen molar-refractivity contribution in [2.45, 2.75) is 83.2 Å². The molecular formula is C26H40N2O5Si. The Morgan fingerprint density at radius 3 is 2.15 bits per heavy atom. The van der Waals surface area contributed by atoms with Crippen molar-refractivity contribution in [1.82, 2.24) is 0 Å². The third-order valence-electron chi connectivity index (χ3n) is 7.35. The van der Waals surface area contributed by atoms with E-state index in [0.717, 1.165) is 0 Å². The van der Waals surface area contributed by atoms with Crippen LogP contribution in [0, 0.1) is 11.5 Å². The van der Waals surface area contributed by atoms with Crippen molar-refractivity contribution in [3.63, 3.8) is 0 Å². The number of benzene rings is 1. The van der Waals surface area contributed by atoms with Crippen LogP contribution in [0.4, 0.5) is 5.69 Å². The van der Waals surface area contributed by atoms with Crippen LogP contribution in [0.15, 0.2) is 18.2 Å². The van der Waals surface area contributed by atoms with Gasteiger partial charge in [0, 0.05) is 37.3 Å². The Balaban J connectivity index is 2.72. The van der Waals surface area contributed by atoms with Gasteiger partial charge in [0.05, 0.1) is 13.7 Å². The number of carbonyl (C=O) groups is 2. The lowest BCUT2D eigenvalue weighted by Gasteiger charge is -2.43. The van der Waals surface area contributed by atoms with Crippen molar-refractivity contribution in [1.29, 1.82) is 0 Å². The summed E-state index contributed by atoms with van der Waals surface area (Å²) < 4.78 is 10.8. The zero-order valence-electron chi connectivity index (χ0n) is 21.6. The van der Waals surface area contributed by atoms with Crippen LogP contribution >= 0.6 is 0 Å². The summed E-state index contributed by atoms with van der Waals surface area (Å²) in [5, 5.41) is 9.85. The van der Waals surface area contributed by atoms with E-state index in [1.165, 1.54) is 12.0 Å². The van der Waals surface area contributed by atoms with Gasteiger partial charge < -0.3 is 20.3 Å². The molecule has 2 rings (SSSR count). The highest BCUT2D eigenvalue weighted by Gasteiger charge is 2.48. The second kappa shape index (κ2) is 11.4. The van der Waals surface area contributed by atoms with E-state index in [4.69, 9.17) is 15.2 Å². The van der Waals surface area contributed by atoms with E-state index < -0.39 is 25.4 Å². The van der Waals surface area contributed by atoms with Gasteiger partial charge in [0.1, 0.15) is 19.4 Å². The van der Waals surface area contributed by atoms with Gasteiger partial charge in [-0.1, -0.05) is 41.5 Å². The average molecular weight is 489 g/mol. The molecule has 0 saturated carbocycles. The van der Waals surface area contributed by atoms with Crippen molar-refractivity contribution in [3.05, 3.63) is 23.8 Å². The zero-order valence-corrected chi connectivity index (χ0v) is 22.6. The number of ether oxygens (including phenoxy) is 2. The highest BCUT2D eigenvalue weighted by Crippen LogP contribution is 2.41. The van der Waals surface area contributed by atoms with Gasteiger partial charge in [-0.15, -0.1) is 5.54 Å². The van der Waals surface area contributed by atoms with E-state index in [9.17, 15) is 14.7 Å². The summed E-state index contributed by atoms with van der Waals surface area (Å²) in [6.07, 6.45) is 0.550. The molecule has 0 unspecified atom stereocenters. The van der Waals surface area contributed by atoms with Crippen molar-refractivity contribution in [3.8, 4) is 17.2 Å². The molecule has 1 fully saturated rings. The number of amides is 2. The molecular weight excluding hydrogens is 448 g/mol. The molecule has 1 aliphatic rings. The average Bonchev–Trinajstić information content (AvgIpc) is 2.79. The Morgan fingerprint density at radius 1 is 1.15 bits per heavy atom. The second-order valence-corrected chi connectivity index (χ2v) is 15.5. The van der Waals surface area contributed by atoms with E-state index in [2.05, 4.69) is 53.0 Å². The molecule has 1 aliphatic heterocycles. The molecule has 0 radical (unpaired) electrons. The molecule has 0 bridgehead atoms. The molecule has 1 heterocycles. The normalized spacial score (nSPS) is 15.7. The number of hydrogen-bond donors (Lipinski definition) is 2. The minimum absolute atomic E-state index is 0.275. The maximum absolute atomic E-state index is 13.9. The molecule has 1 aromatic rings. The highest BCUT2D eigenvalue weighted by molar-refractivity contribution is 6.90. The number of primary amides is 1. The van der Waals surface area contributed by atoms with E-state index >= 15 is 0 Å². The molecule has 0 spiro atoms. The molecule has 2 amide bonds. The van der Waals surface area contributed by atoms with Gasteiger partial charge in [0.2, 0.25) is 5.91 Å². The number of methoxy groups -OCH3 is 1. The summed E-state index contributed by atoms with van der Waals surface area (Å²) in [7, 11) is -0.666. The molecule has 7 nitrogen and oxygen atoms in total. The van der Waals surface area contributed by atoms with E-state index in [1.54, 1.807) is 18.2 Å². The van der Waals surface area contributed by atoms with Gasteiger partial charge in [-0.25, -0.2) is 0 Å². The zero-order chi connectivity index (χ0) is 25.7. The lowest BCUT2D eigenvalue weighted by Crippen LogP contribution is -2.62. The number of nitrogens with two attached hydrogens (primary N) is 1.